The summed E-state index contributed by atoms with van der Waals surface area (Å²) in [6.45, 7) is -0.133. The van der Waals surface area contributed by atoms with Gasteiger partial charge in [0.2, 0.25) is 0 Å². The number of aliphatic hydroxyl groups excluding tert-OH is 1. The molecule has 0 aliphatic heterocycles. The van der Waals surface area contributed by atoms with Gasteiger partial charge in [-0.15, -0.1) is 0 Å². The van der Waals surface area contributed by atoms with Crippen molar-refractivity contribution >= 4 is 22.0 Å². The van der Waals surface area contributed by atoms with Crippen LogP contribution in [0.2, 0.25) is 0 Å². The maximum Gasteiger partial charge on any atom is 0.123 e. The van der Waals surface area contributed by atoms with Crippen molar-refractivity contribution in [1.82, 2.24) is 0 Å². The quantitative estimate of drug-likeness (QED) is 0.823. The highest BCUT2D eigenvalue weighted by molar-refractivity contribution is 9.09. The van der Waals surface area contributed by atoms with Crippen molar-refractivity contribution in [1.29, 1.82) is 0 Å². The van der Waals surface area contributed by atoms with E-state index in [1.54, 1.807) is 6.07 Å². The van der Waals surface area contributed by atoms with E-state index >= 15 is 0 Å². The second-order valence-electron chi connectivity index (χ2n) is 2.88. The van der Waals surface area contributed by atoms with Gasteiger partial charge in [-0.3, -0.25) is 0 Å². The van der Waals surface area contributed by atoms with E-state index in [4.69, 9.17) is 5.11 Å². The molecule has 1 aromatic rings. The number of allylic oxidation sites excluding steroid dienone is 1. The minimum absolute atomic E-state index is 0.133. The van der Waals surface area contributed by atoms with Crippen LogP contribution in [0, 0.1) is 5.82 Å². The van der Waals surface area contributed by atoms with Crippen LogP contribution in [0.25, 0.3) is 6.08 Å². The van der Waals surface area contributed by atoms with Crippen molar-refractivity contribution in [2.45, 2.75) is 13.0 Å². The molecular weight excluding hydrogens is 247 g/mol. The molecule has 0 amide bonds. The normalized spacial score (nSPS) is 11.1. The maximum atomic E-state index is 12.8. The lowest BCUT2D eigenvalue weighted by molar-refractivity contribution is 0.281. The average molecular weight is 259 g/mol. The van der Waals surface area contributed by atoms with Gasteiger partial charge >= 0.3 is 0 Å². The molecule has 1 N–H and O–H groups in total. The van der Waals surface area contributed by atoms with E-state index in [2.05, 4.69) is 15.9 Å². The molecular formula is C11H12BrFO. The van der Waals surface area contributed by atoms with Crippen molar-refractivity contribution < 1.29 is 9.50 Å². The minimum Gasteiger partial charge on any atom is -0.392 e. The summed E-state index contributed by atoms with van der Waals surface area (Å²) in [5.41, 5.74) is 1.49. The molecule has 1 aromatic carbocycles. The van der Waals surface area contributed by atoms with E-state index < -0.39 is 0 Å². The molecule has 0 aromatic heterocycles. The first-order chi connectivity index (χ1) is 6.77. The van der Waals surface area contributed by atoms with E-state index in [1.807, 2.05) is 12.2 Å². The molecule has 0 fully saturated rings. The van der Waals surface area contributed by atoms with Crippen LogP contribution in [-0.4, -0.2) is 10.4 Å². The van der Waals surface area contributed by atoms with Gasteiger partial charge in [-0.25, -0.2) is 4.39 Å². The molecule has 1 nitrogen and oxygen atoms in total. The maximum absolute atomic E-state index is 12.8. The summed E-state index contributed by atoms with van der Waals surface area (Å²) in [6, 6.07) is 4.42. The van der Waals surface area contributed by atoms with Gasteiger partial charge in [0.1, 0.15) is 5.82 Å². The van der Waals surface area contributed by atoms with Crippen LogP contribution in [0.1, 0.15) is 17.5 Å². The van der Waals surface area contributed by atoms with Gasteiger partial charge in [0.05, 0.1) is 6.61 Å². The highest BCUT2D eigenvalue weighted by atomic mass is 79.9. The number of benzene rings is 1. The van der Waals surface area contributed by atoms with Crippen LogP contribution in [0.3, 0.4) is 0 Å². The topological polar surface area (TPSA) is 20.2 Å². The van der Waals surface area contributed by atoms with Crippen LogP contribution in [0.5, 0.6) is 0 Å². The Bertz CT molecular complexity index is 323. The second kappa shape index (κ2) is 5.94. The first-order valence-corrected chi connectivity index (χ1v) is 5.52. The van der Waals surface area contributed by atoms with Crippen molar-refractivity contribution in [2.75, 3.05) is 5.33 Å². The fourth-order valence-electron chi connectivity index (χ4n) is 1.15. The van der Waals surface area contributed by atoms with Gasteiger partial charge < -0.3 is 5.11 Å². The summed E-state index contributed by atoms with van der Waals surface area (Å²) >= 11 is 3.31. The van der Waals surface area contributed by atoms with Crippen LogP contribution >= 0.6 is 15.9 Å². The molecule has 0 radical (unpaired) electrons. The molecule has 0 aliphatic carbocycles. The Hall–Kier alpha value is -0.670. The Kier molecular flexibility index (Phi) is 4.84. The molecule has 14 heavy (non-hydrogen) atoms. The number of rotatable bonds is 4. The Morgan fingerprint density at radius 3 is 2.86 bits per heavy atom. The predicted molar refractivity (Wildman–Crippen MR) is 59.8 cm³/mol. The molecule has 0 heterocycles. The van der Waals surface area contributed by atoms with E-state index in [0.29, 0.717) is 5.56 Å². The average Bonchev–Trinajstić information content (AvgIpc) is 2.20. The summed E-state index contributed by atoms with van der Waals surface area (Å²) in [7, 11) is 0. The SMILES string of the molecule is OCc1cc(F)ccc1C=CCCBr. The standard InChI is InChI=1S/C11H12BrFO/c12-6-2-1-3-9-4-5-11(13)7-10(9)8-14/h1,3-5,7,14H,2,6,8H2. The highest BCUT2D eigenvalue weighted by Crippen LogP contribution is 2.13. The van der Waals surface area contributed by atoms with Crippen LogP contribution < -0.4 is 0 Å². The van der Waals surface area contributed by atoms with Crippen molar-refractivity contribution in [3.63, 3.8) is 0 Å². The van der Waals surface area contributed by atoms with E-state index in [0.717, 1.165) is 17.3 Å². The first kappa shape index (κ1) is 11.4. The van der Waals surface area contributed by atoms with Gasteiger partial charge in [0.15, 0.2) is 0 Å². The zero-order valence-electron chi connectivity index (χ0n) is 7.71. The molecule has 0 unspecified atom stereocenters. The van der Waals surface area contributed by atoms with Gasteiger partial charge in [-0.05, 0) is 29.7 Å². The van der Waals surface area contributed by atoms with Gasteiger partial charge in [-0.1, -0.05) is 34.1 Å². The summed E-state index contributed by atoms with van der Waals surface area (Å²) in [6.07, 6.45) is 4.80. The zero-order chi connectivity index (χ0) is 10.4. The molecule has 0 bridgehead atoms. The summed E-state index contributed by atoms with van der Waals surface area (Å²) in [5, 5.41) is 9.89. The predicted octanol–water partition coefficient (Wildman–Crippen LogP) is 3.12. The summed E-state index contributed by atoms with van der Waals surface area (Å²) in [5.74, 6) is -0.313. The lowest BCUT2D eigenvalue weighted by Crippen LogP contribution is -1.89. The van der Waals surface area contributed by atoms with Crippen molar-refractivity contribution in [3.05, 3.63) is 41.2 Å². The van der Waals surface area contributed by atoms with Crippen molar-refractivity contribution in [3.8, 4) is 0 Å². The molecule has 0 spiro atoms. The molecule has 0 atom stereocenters. The summed E-state index contributed by atoms with van der Waals surface area (Å²) in [4.78, 5) is 0. The fraction of sp³-hybridized carbons (Fsp3) is 0.273. The van der Waals surface area contributed by atoms with Gasteiger partial charge in [0.25, 0.3) is 0 Å². The fourth-order valence-corrected chi connectivity index (χ4v) is 1.41. The zero-order valence-corrected chi connectivity index (χ0v) is 9.30. The van der Waals surface area contributed by atoms with Crippen LogP contribution in [0.15, 0.2) is 24.3 Å². The van der Waals surface area contributed by atoms with Gasteiger partial charge in [0, 0.05) is 5.33 Å². The smallest absolute Gasteiger partial charge is 0.123 e. The molecule has 0 aliphatic rings. The molecule has 1 rings (SSSR count). The molecule has 0 saturated carbocycles. The lowest BCUT2D eigenvalue weighted by atomic mass is 10.1. The Morgan fingerprint density at radius 2 is 2.21 bits per heavy atom. The van der Waals surface area contributed by atoms with Crippen LogP contribution in [0.4, 0.5) is 4.39 Å². The second-order valence-corrected chi connectivity index (χ2v) is 3.67. The lowest BCUT2D eigenvalue weighted by Gasteiger charge is -2.02. The Balaban J connectivity index is 2.85. The third kappa shape index (κ3) is 3.24. The third-order valence-corrected chi connectivity index (χ3v) is 2.31. The molecule has 3 heteroatoms. The van der Waals surface area contributed by atoms with Gasteiger partial charge in [-0.2, -0.15) is 0 Å². The summed E-state index contributed by atoms with van der Waals surface area (Å²) < 4.78 is 12.8. The Labute approximate surface area is 91.4 Å². The first-order valence-electron chi connectivity index (χ1n) is 4.39. The number of alkyl halides is 1. The number of aliphatic hydroxyl groups is 1. The van der Waals surface area contributed by atoms with E-state index in [9.17, 15) is 4.39 Å². The molecule has 76 valence electrons. The largest absolute Gasteiger partial charge is 0.392 e. The van der Waals surface area contributed by atoms with Crippen LogP contribution in [-0.2, 0) is 6.61 Å². The number of hydrogen-bond acceptors (Lipinski definition) is 1. The molecule has 0 saturated heterocycles. The van der Waals surface area contributed by atoms with Crippen molar-refractivity contribution in [2.24, 2.45) is 0 Å². The number of halogens is 2. The van der Waals surface area contributed by atoms with E-state index in [1.165, 1.54) is 12.1 Å². The monoisotopic (exact) mass is 258 g/mol. The minimum atomic E-state index is -0.313. The highest BCUT2D eigenvalue weighted by Gasteiger charge is 1.99. The van der Waals surface area contributed by atoms with E-state index in [-0.39, 0.29) is 12.4 Å². The third-order valence-electron chi connectivity index (χ3n) is 1.85. The Morgan fingerprint density at radius 1 is 1.43 bits per heavy atom. The number of hydrogen-bond donors (Lipinski definition) is 1.